The molecule has 30 heavy (non-hydrogen) atoms. The molecule has 0 saturated carbocycles. The fourth-order valence-electron chi connectivity index (χ4n) is 3.20. The van der Waals surface area contributed by atoms with Crippen LogP contribution in [-0.4, -0.2) is 21.0 Å². The molecule has 0 aliphatic carbocycles. The first-order valence-corrected chi connectivity index (χ1v) is 9.98. The van der Waals surface area contributed by atoms with Gasteiger partial charge in [-0.2, -0.15) is 0 Å². The van der Waals surface area contributed by atoms with Crippen molar-refractivity contribution in [3.05, 3.63) is 105 Å². The molecule has 0 N–H and O–H groups in total. The van der Waals surface area contributed by atoms with Crippen LogP contribution in [0.15, 0.2) is 83.8 Å². The third-order valence-electron chi connectivity index (χ3n) is 4.68. The van der Waals surface area contributed by atoms with Gasteiger partial charge in [0.1, 0.15) is 0 Å². The molecule has 6 nitrogen and oxygen atoms in total. The van der Waals surface area contributed by atoms with E-state index in [0.717, 1.165) is 28.1 Å². The van der Waals surface area contributed by atoms with Crippen LogP contribution in [0.25, 0.3) is 16.8 Å². The highest BCUT2D eigenvalue weighted by Gasteiger charge is 2.34. The molecule has 4 rings (SSSR count). The van der Waals surface area contributed by atoms with Gasteiger partial charge in [0, 0.05) is 6.07 Å². The van der Waals surface area contributed by atoms with E-state index in [4.69, 9.17) is 0 Å². The van der Waals surface area contributed by atoms with Crippen molar-refractivity contribution in [3.63, 3.8) is 0 Å². The molecule has 1 fully saturated rings. The van der Waals surface area contributed by atoms with Crippen molar-refractivity contribution in [2.24, 2.45) is 0 Å². The van der Waals surface area contributed by atoms with Gasteiger partial charge >= 0.3 is 0 Å². The Labute approximate surface area is 176 Å². The molecule has 3 aromatic rings. The van der Waals surface area contributed by atoms with Crippen LogP contribution in [0.2, 0.25) is 0 Å². The molecule has 0 bridgehead atoms. The van der Waals surface area contributed by atoms with Crippen molar-refractivity contribution >= 4 is 45.4 Å². The van der Waals surface area contributed by atoms with Crippen LogP contribution in [0.5, 0.6) is 0 Å². The molecular formula is C23H16N2O4S. The van der Waals surface area contributed by atoms with Crippen molar-refractivity contribution in [2.75, 3.05) is 0 Å². The minimum Gasteiger partial charge on any atom is -0.268 e. The highest BCUT2D eigenvalue weighted by Crippen LogP contribution is 2.32. The summed E-state index contributed by atoms with van der Waals surface area (Å²) in [6, 6.07) is 20.1. The summed E-state index contributed by atoms with van der Waals surface area (Å²) in [6.07, 6.45) is 4.62. The fraction of sp³-hybridized carbons (Fsp3) is 0.0435. The van der Waals surface area contributed by atoms with Crippen LogP contribution in [0.1, 0.15) is 11.1 Å². The van der Waals surface area contributed by atoms with Crippen LogP contribution in [0, 0.1) is 10.1 Å². The molecule has 1 heterocycles. The Morgan fingerprint density at radius 1 is 0.967 bits per heavy atom. The van der Waals surface area contributed by atoms with Crippen molar-refractivity contribution in [3.8, 4) is 0 Å². The van der Waals surface area contributed by atoms with Gasteiger partial charge in [-0.05, 0) is 52.4 Å². The Morgan fingerprint density at radius 2 is 1.70 bits per heavy atom. The van der Waals surface area contributed by atoms with Crippen LogP contribution in [0.3, 0.4) is 0 Å². The van der Waals surface area contributed by atoms with Gasteiger partial charge in [-0.25, -0.2) is 0 Å². The van der Waals surface area contributed by atoms with Crippen LogP contribution >= 0.6 is 11.8 Å². The molecule has 0 spiro atoms. The second-order valence-electron chi connectivity index (χ2n) is 6.65. The average Bonchev–Trinajstić information content (AvgIpc) is 3.01. The zero-order chi connectivity index (χ0) is 21.1. The van der Waals surface area contributed by atoms with Crippen molar-refractivity contribution < 1.29 is 14.5 Å². The summed E-state index contributed by atoms with van der Waals surface area (Å²) in [5, 5.41) is 12.9. The lowest BCUT2D eigenvalue weighted by Gasteiger charge is -2.13. The number of fused-ring (bicyclic) bond motifs is 1. The van der Waals surface area contributed by atoms with Gasteiger partial charge in [-0.15, -0.1) is 0 Å². The van der Waals surface area contributed by atoms with Gasteiger partial charge in [0.25, 0.3) is 16.8 Å². The van der Waals surface area contributed by atoms with Gasteiger partial charge in [-0.3, -0.25) is 24.6 Å². The first-order chi connectivity index (χ1) is 14.5. The van der Waals surface area contributed by atoms with E-state index in [9.17, 15) is 19.7 Å². The smallest absolute Gasteiger partial charge is 0.268 e. The number of imide groups is 1. The summed E-state index contributed by atoms with van der Waals surface area (Å²) < 4.78 is 0. The SMILES string of the molecule is O=C1S/C(=C\C=C\c2ccccc2[N+](=O)[O-])C(=O)N1Cc1ccc2ccccc2c1. The monoisotopic (exact) mass is 416 g/mol. The van der Waals surface area contributed by atoms with Gasteiger partial charge < -0.3 is 0 Å². The second kappa shape index (κ2) is 8.34. The number of carbonyl (C=O) groups excluding carboxylic acids is 2. The van der Waals surface area contributed by atoms with Gasteiger partial charge in [0.15, 0.2) is 0 Å². The molecule has 7 heteroatoms. The maximum absolute atomic E-state index is 12.7. The fourth-order valence-corrected chi connectivity index (χ4v) is 3.99. The van der Waals surface area contributed by atoms with Crippen molar-refractivity contribution in [2.45, 2.75) is 6.54 Å². The lowest BCUT2D eigenvalue weighted by atomic mass is 10.1. The van der Waals surface area contributed by atoms with E-state index in [1.165, 1.54) is 17.0 Å². The topological polar surface area (TPSA) is 80.5 Å². The van der Waals surface area contributed by atoms with Crippen LogP contribution in [0.4, 0.5) is 10.5 Å². The first-order valence-electron chi connectivity index (χ1n) is 9.16. The minimum atomic E-state index is -0.461. The molecular weight excluding hydrogens is 400 g/mol. The Bertz CT molecular complexity index is 1230. The highest BCUT2D eigenvalue weighted by molar-refractivity contribution is 8.18. The molecule has 0 atom stereocenters. The number of amides is 2. The number of carbonyl (C=O) groups is 2. The molecule has 2 amide bonds. The largest absolute Gasteiger partial charge is 0.293 e. The number of benzene rings is 3. The maximum Gasteiger partial charge on any atom is 0.293 e. The summed E-state index contributed by atoms with van der Waals surface area (Å²) in [5.41, 5.74) is 1.27. The third-order valence-corrected chi connectivity index (χ3v) is 5.61. The number of hydrogen-bond acceptors (Lipinski definition) is 5. The number of nitro groups is 1. The van der Waals surface area contributed by atoms with Crippen LogP contribution in [-0.2, 0) is 11.3 Å². The number of nitrogens with zero attached hydrogens (tertiary/aromatic N) is 2. The normalized spacial score (nSPS) is 15.6. The number of nitro benzene ring substituents is 1. The Hall–Kier alpha value is -3.71. The summed E-state index contributed by atoms with van der Waals surface area (Å²) in [7, 11) is 0. The lowest BCUT2D eigenvalue weighted by Crippen LogP contribution is -2.27. The number of para-hydroxylation sites is 1. The molecule has 3 aromatic carbocycles. The molecule has 1 aliphatic rings. The van der Waals surface area contributed by atoms with E-state index >= 15 is 0 Å². The maximum atomic E-state index is 12.7. The molecule has 0 radical (unpaired) electrons. The van der Waals surface area contributed by atoms with E-state index in [2.05, 4.69) is 0 Å². The standard InChI is InChI=1S/C23H16N2O4S/c26-22-21(11-5-9-18-7-3-4-10-20(18)25(28)29)30-23(27)24(22)15-16-12-13-17-6-1-2-8-19(17)14-16/h1-14H,15H2/b9-5+,21-11-. The molecule has 1 aliphatic heterocycles. The lowest BCUT2D eigenvalue weighted by molar-refractivity contribution is -0.385. The van der Waals surface area contributed by atoms with E-state index in [-0.39, 0.29) is 28.3 Å². The van der Waals surface area contributed by atoms with Crippen LogP contribution < -0.4 is 0 Å². The zero-order valence-corrected chi connectivity index (χ0v) is 16.5. The van der Waals surface area contributed by atoms with Gasteiger partial charge in [-0.1, -0.05) is 54.6 Å². The predicted molar refractivity (Wildman–Crippen MR) is 118 cm³/mol. The van der Waals surface area contributed by atoms with Crippen molar-refractivity contribution in [1.29, 1.82) is 0 Å². The summed E-state index contributed by atoms with van der Waals surface area (Å²) in [4.78, 5) is 37.1. The van der Waals surface area contributed by atoms with Crippen molar-refractivity contribution in [1.82, 2.24) is 4.90 Å². The van der Waals surface area contributed by atoms with Gasteiger partial charge in [0.2, 0.25) is 0 Å². The summed E-state index contributed by atoms with van der Waals surface area (Å²) in [6.45, 7) is 0.195. The average molecular weight is 416 g/mol. The zero-order valence-electron chi connectivity index (χ0n) is 15.7. The summed E-state index contributed by atoms with van der Waals surface area (Å²) >= 11 is 0.864. The summed E-state index contributed by atoms with van der Waals surface area (Å²) in [5.74, 6) is -0.370. The molecule has 0 aromatic heterocycles. The Balaban J connectivity index is 1.51. The van der Waals surface area contributed by atoms with E-state index in [1.807, 2.05) is 42.5 Å². The molecule has 148 valence electrons. The predicted octanol–water partition coefficient (Wildman–Crippen LogP) is 5.54. The molecule has 0 unspecified atom stereocenters. The Morgan fingerprint density at radius 3 is 2.50 bits per heavy atom. The number of allylic oxidation sites excluding steroid dienone is 2. The number of thioether (sulfide) groups is 1. The first kappa shape index (κ1) is 19.6. The third kappa shape index (κ3) is 4.01. The molecule has 1 saturated heterocycles. The van der Waals surface area contributed by atoms with E-state index in [0.29, 0.717) is 5.56 Å². The van der Waals surface area contributed by atoms with Gasteiger partial charge in [0.05, 0.1) is 21.9 Å². The number of hydrogen-bond donors (Lipinski definition) is 0. The number of rotatable bonds is 5. The van der Waals surface area contributed by atoms with E-state index in [1.54, 1.807) is 30.4 Å². The van der Waals surface area contributed by atoms with E-state index < -0.39 is 4.92 Å². The Kier molecular flexibility index (Phi) is 5.45. The quantitative estimate of drug-likeness (QED) is 0.310. The minimum absolute atomic E-state index is 0.0217. The second-order valence-corrected chi connectivity index (χ2v) is 7.64. The highest BCUT2D eigenvalue weighted by atomic mass is 32.2.